The van der Waals surface area contributed by atoms with Gasteiger partial charge in [-0.3, -0.25) is 0 Å². The molecule has 2 aliphatic rings. The fourth-order valence-electron chi connectivity index (χ4n) is 2.88. The fourth-order valence-corrected chi connectivity index (χ4v) is 2.88. The Bertz CT molecular complexity index is 406. The average molecular weight is 370 g/mol. The van der Waals surface area contributed by atoms with Crippen molar-refractivity contribution >= 4 is 0 Å². The van der Waals surface area contributed by atoms with Gasteiger partial charge in [0.2, 0.25) is 0 Å². The highest BCUT2D eigenvalue weighted by atomic mass is 16.8. The van der Waals surface area contributed by atoms with E-state index in [1.54, 1.807) is 0 Å². The number of aliphatic hydroxyl groups is 6. The summed E-state index contributed by atoms with van der Waals surface area (Å²) in [6.45, 7) is -0.619. The Morgan fingerprint density at radius 3 is 1.92 bits per heavy atom. The first-order valence-corrected chi connectivity index (χ1v) is 7.85. The summed E-state index contributed by atoms with van der Waals surface area (Å²) in [6.07, 6.45) is -13.6. The minimum absolute atomic E-state index is 0.00481. The molecule has 0 unspecified atom stereocenters. The van der Waals surface area contributed by atoms with Crippen molar-refractivity contribution in [2.45, 2.75) is 61.4 Å². The molecule has 25 heavy (non-hydrogen) atoms. The zero-order valence-electron chi connectivity index (χ0n) is 13.9. The molecule has 2 rings (SSSR count). The minimum atomic E-state index is -1.66. The molecule has 0 saturated carbocycles. The Balaban J connectivity index is 2.11. The molecule has 0 amide bonds. The van der Waals surface area contributed by atoms with Crippen LogP contribution in [0.2, 0.25) is 0 Å². The van der Waals surface area contributed by atoms with Gasteiger partial charge in [0.1, 0.15) is 48.8 Å². The summed E-state index contributed by atoms with van der Waals surface area (Å²) in [5, 5.41) is 59.2. The van der Waals surface area contributed by atoms with Crippen LogP contribution in [0.5, 0.6) is 0 Å². The Morgan fingerprint density at radius 1 is 0.760 bits per heavy atom. The molecule has 0 aliphatic carbocycles. The molecule has 0 radical (unpaired) electrons. The summed E-state index contributed by atoms with van der Waals surface area (Å²) in [5.41, 5.74) is 0. The fraction of sp³-hybridized carbons (Fsp3) is 1.00. The summed E-state index contributed by atoms with van der Waals surface area (Å²) >= 11 is 0. The van der Waals surface area contributed by atoms with Crippen LogP contribution < -0.4 is 0 Å². The van der Waals surface area contributed by atoms with Gasteiger partial charge in [0.25, 0.3) is 0 Å². The van der Waals surface area contributed by atoms with E-state index in [2.05, 4.69) is 0 Å². The van der Waals surface area contributed by atoms with Crippen LogP contribution in [0.3, 0.4) is 0 Å². The van der Waals surface area contributed by atoms with Gasteiger partial charge in [0, 0.05) is 14.2 Å². The summed E-state index contributed by atoms with van der Waals surface area (Å²) in [4.78, 5) is 0. The van der Waals surface area contributed by atoms with Crippen LogP contribution in [0.1, 0.15) is 0 Å². The summed E-state index contributed by atoms with van der Waals surface area (Å²) in [7, 11) is 2.70. The van der Waals surface area contributed by atoms with Gasteiger partial charge in [-0.05, 0) is 0 Å². The van der Waals surface area contributed by atoms with Gasteiger partial charge in [0.15, 0.2) is 12.6 Å². The first-order chi connectivity index (χ1) is 11.8. The number of methoxy groups -OCH3 is 2. The molecule has 0 aromatic carbocycles. The Morgan fingerprint density at radius 2 is 1.36 bits per heavy atom. The van der Waals surface area contributed by atoms with Crippen LogP contribution in [-0.2, 0) is 23.7 Å². The van der Waals surface area contributed by atoms with E-state index in [4.69, 9.17) is 23.7 Å². The van der Waals surface area contributed by atoms with Gasteiger partial charge < -0.3 is 54.3 Å². The Hall–Kier alpha value is -0.440. The van der Waals surface area contributed by atoms with Gasteiger partial charge >= 0.3 is 0 Å². The quantitative estimate of drug-likeness (QED) is 0.269. The first kappa shape index (κ1) is 20.9. The molecule has 11 nitrogen and oxygen atoms in total. The Kier molecular flexibility index (Phi) is 7.49. The molecule has 2 saturated heterocycles. The van der Waals surface area contributed by atoms with Crippen LogP contribution in [0.4, 0.5) is 0 Å². The van der Waals surface area contributed by atoms with Crippen molar-refractivity contribution in [2.75, 3.05) is 27.4 Å². The van der Waals surface area contributed by atoms with Crippen LogP contribution in [0.25, 0.3) is 0 Å². The highest BCUT2D eigenvalue weighted by Gasteiger charge is 2.50. The van der Waals surface area contributed by atoms with Gasteiger partial charge in [0.05, 0.1) is 13.2 Å². The van der Waals surface area contributed by atoms with E-state index < -0.39 is 68.0 Å². The molecule has 2 aliphatic heterocycles. The van der Waals surface area contributed by atoms with Crippen molar-refractivity contribution in [1.82, 2.24) is 0 Å². The van der Waals surface area contributed by atoms with Crippen LogP contribution in [0.15, 0.2) is 0 Å². The summed E-state index contributed by atoms with van der Waals surface area (Å²) in [6, 6.07) is 0. The van der Waals surface area contributed by atoms with Crippen molar-refractivity contribution in [1.29, 1.82) is 0 Å². The van der Waals surface area contributed by atoms with E-state index >= 15 is 0 Å². The second-order valence-corrected chi connectivity index (χ2v) is 6.01. The number of ether oxygens (including phenoxy) is 5. The van der Waals surface area contributed by atoms with Gasteiger partial charge in [-0.1, -0.05) is 0 Å². The molecular weight excluding hydrogens is 344 g/mol. The summed E-state index contributed by atoms with van der Waals surface area (Å²) < 4.78 is 26.2. The predicted octanol–water partition coefficient (Wildman–Crippen LogP) is -4.09. The lowest BCUT2D eigenvalue weighted by molar-refractivity contribution is -0.364. The second kappa shape index (κ2) is 8.97. The number of hydrogen-bond donors (Lipinski definition) is 6. The number of rotatable bonds is 6. The maximum absolute atomic E-state index is 10.3. The van der Waals surface area contributed by atoms with Gasteiger partial charge in [-0.25, -0.2) is 0 Å². The zero-order valence-corrected chi connectivity index (χ0v) is 13.9. The van der Waals surface area contributed by atoms with Crippen molar-refractivity contribution in [3.8, 4) is 0 Å². The molecule has 0 aromatic heterocycles. The maximum atomic E-state index is 10.3. The topological polar surface area (TPSA) is 168 Å². The summed E-state index contributed by atoms with van der Waals surface area (Å²) in [5.74, 6) is 0. The highest BCUT2D eigenvalue weighted by molar-refractivity contribution is 4.93. The normalized spacial score (nSPS) is 48.5. The first-order valence-electron chi connectivity index (χ1n) is 7.85. The third-order valence-electron chi connectivity index (χ3n) is 4.35. The van der Waals surface area contributed by atoms with Crippen molar-refractivity contribution in [3.63, 3.8) is 0 Å². The number of hydrogen-bond acceptors (Lipinski definition) is 11. The monoisotopic (exact) mass is 370 g/mol. The smallest absolute Gasteiger partial charge is 0.187 e. The lowest BCUT2D eigenvalue weighted by Gasteiger charge is -2.45. The molecule has 6 N–H and O–H groups in total. The highest BCUT2D eigenvalue weighted by Crippen LogP contribution is 2.29. The van der Waals surface area contributed by atoms with E-state index in [0.717, 1.165) is 0 Å². The van der Waals surface area contributed by atoms with E-state index in [-0.39, 0.29) is 6.61 Å². The lowest BCUT2D eigenvalue weighted by atomic mass is 9.97. The lowest BCUT2D eigenvalue weighted by Crippen LogP contribution is -2.64. The molecule has 0 bridgehead atoms. The molecule has 11 heteroatoms. The van der Waals surface area contributed by atoms with E-state index in [0.29, 0.717) is 0 Å². The van der Waals surface area contributed by atoms with Crippen LogP contribution in [-0.4, -0.2) is 119 Å². The van der Waals surface area contributed by atoms with E-state index in [1.807, 2.05) is 0 Å². The van der Waals surface area contributed by atoms with Crippen molar-refractivity contribution < 1.29 is 54.3 Å². The maximum Gasteiger partial charge on any atom is 0.187 e. The molecule has 2 fully saturated rings. The average Bonchev–Trinajstić information content (AvgIpc) is 2.61. The molecule has 0 aromatic rings. The molecule has 10 atom stereocenters. The third kappa shape index (κ3) is 4.28. The molecular formula is C14H26O11. The standard InChI is InChI=1S/C14H26O11/c1-21-4-6-8(17)10(19)12(14(22-2)24-6)25-13-11(20)9(18)7(16)5(3-15)23-13/h5-20H,3-4H2,1-2H3/t5-,6-,7-,8-,9+,10+,11+,12+,13+,14-/m1/s1. The van der Waals surface area contributed by atoms with E-state index in [1.165, 1.54) is 14.2 Å². The van der Waals surface area contributed by atoms with E-state index in [9.17, 15) is 30.6 Å². The Labute approximate surface area is 144 Å². The van der Waals surface area contributed by atoms with Crippen molar-refractivity contribution in [2.24, 2.45) is 0 Å². The SMILES string of the molecule is COC[C@H]1O[C@@H](OC)[C@@H](O[C@@H]2O[C@H](CO)[C@@H](O)[C@H](O)[C@@H]2O)[C@@H](O)[C@@H]1O. The molecule has 0 spiro atoms. The third-order valence-corrected chi connectivity index (χ3v) is 4.35. The molecule has 2 heterocycles. The predicted molar refractivity (Wildman–Crippen MR) is 78.2 cm³/mol. The van der Waals surface area contributed by atoms with Crippen LogP contribution >= 0.6 is 0 Å². The zero-order chi connectivity index (χ0) is 18.7. The largest absolute Gasteiger partial charge is 0.394 e. The number of aliphatic hydroxyl groups excluding tert-OH is 6. The van der Waals surface area contributed by atoms with Crippen molar-refractivity contribution in [3.05, 3.63) is 0 Å². The molecule has 148 valence electrons. The van der Waals surface area contributed by atoms with Gasteiger partial charge in [-0.2, -0.15) is 0 Å². The minimum Gasteiger partial charge on any atom is -0.394 e. The van der Waals surface area contributed by atoms with Crippen LogP contribution in [0, 0.1) is 0 Å². The second-order valence-electron chi connectivity index (χ2n) is 6.01. The van der Waals surface area contributed by atoms with Gasteiger partial charge in [-0.15, -0.1) is 0 Å².